The highest BCUT2D eigenvalue weighted by Crippen LogP contribution is 2.36. The Morgan fingerprint density at radius 3 is 2.90 bits per heavy atom. The van der Waals surface area contributed by atoms with Crippen LogP contribution in [0.5, 0.6) is 5.75 Å². The molecule has 1 atom stereocenters. The highest BCUT2D eigenvalue weighted by molar-refractivity contribution is 6.00. The summed E-state index contributed by atoms with van der Waals surface area (Å²) in [6.07, 6.45) is -0.521. The molecular formula is C14H18N2O4. The van der Waals surface area contributed by atoms with Gasteiger partial charge in [0.15, 0.2) is 6.10 Å². The Kier molecular flexibility index (Phi) is 4.24. The molecule has 0 radical (unpaired) electrons. The molecule has 2 rings (SSSR count). The summed E-state index contributed by atoms with van der Waals surface area (Å²) in [4.78, 5) is 25.1. The lowest BCUT2D eigenvalue weighted by Crippen LogP contribution is -2.44. The van der Waals surface area contributed by atoms with Crippen molar-refractivity contribution < 1.29 is 19.1 Å². The fraction of sp³-hybridized carbons (Fsp3) is 0.429. The predicted molar refractivity (Wildman–Crippen MR) is 75.1 cm³/mol. The molecule has 0 aromatic heterocycles. The maximum atomic E-state index is 12.0. The van der Waals surface area contributed by atoms with E-state index in [-0.39, 0.29) is 18.4 Å². The van der Waals surface area contributed by atoms with Crippen LogP contribution in [-0.4, -0.2) is 38.2 Å². The first-order chi connectivity index (χ1) is 9.56. The Morgan fingerprint density at radius 2 is 2.25 bits per heavy atom. The normalized spacial score (nSPS) is 17.4. The van der Waals surface area contributed by atoms with Crippen molar-refractivity contribution in [2.24, 2.45) is 0 Å². The van der Waals surface area contributed by atoms with Gasteiger partial charge in [0, 0.05) is 25.4 Å². The molecule has 1 N–H and O–H groups in total. The maximum absolute atomic E-state index is 12.0. The Balaban J connectivity index is 2.25. The van der Waals surface area contributed by atoms with E-state index in [2.05, 4.69) is 5.32 Å². The van der Waals surface area contributed by atoms with Crippen molar-refractivity contribution in [3.05, 3.63) is 18.2 Å². The van der Waals surface area contributed by atoms with Gasteiger partial charge in [-0.2, -0.15) is 0 Å². The lowest BCUT2D eigenvalue weighted by molar-refractivity contribution is -0.125. The van der Waals surface area contributed by atoms with E-state index in [4.69, 9.17) is 9.47 Å². The number of hydrogen-bond donors (Lipinski definition) is 1. The van der Waals surface area contributed by atoms with Crippen molar-refractivity contribution in [2.45, 2.75) is 20.0 Å². The van der Waals surface area contributed by atoms with Gasteiger partial charge < -0.3 is 19.7 Å². The molecule has 1 unspecified atom stereocenters. The summed E-state index contributed by atoms with van der Waals surface area (Å²) in [5.41, 5.74) is 1.34. The molecule has 1 heterocycles. The van der Waals surface area contributed by atoms with Crippen LogP contribution in [0.3, 0.4) is 0 Å². The van der Waals surface area contributed by atoms with Crippen molar-refractivity contribution >= 4 is 23.2 Å². The van der Waals surface area contributed by atoms with Gasteiger partial charge in [0.1, 0.15) is 12.4 Å². The zero-order valence-corrected chi connectivity index (χ0v) is 11.8. The number of benzene rings is 1. The van der Waals surface area contributed by atoms with Crippen LogP contribution in [0.25, 0.3) is 0 Å². The molecular weight excluding hydrogens is 260 g/mol. The lowest BCUT2D eigenvalue weighted by atomic mass is 10.1. The molecule has 1 aromatic rings. The monoisotopic (exact) mass is 278 g/mol. The van der Waals surface area contributed by atoms with Crippen molar-refractivity contribution in [1.82, 2.24) is 0 Å². The summed E-state index contributed by atoms with van der Waals surface area (Å²) in [6, 6.07) is 5.22. The minimum absolute atomic E-state index is 0.00604. The number of ether oxygens (including phenoxy) is 2. The molecule has 0 fully saturated rings. The maximum Gasteiger partial charge on any atom is 0.267 e. The highest BCUT2D eigenvalue weighted by Gasteiger charge is 2.30. The van der Waals surface area contributed by atoms with Crippen LogP contribution in [0.15, 0.2) is 18.2 Å². The molecule has 0 saturated heterocycles. The number of nitrogens with zero attached hydrogens (tertiary/aromatic N) is 1. The number of methoxy groups -OCH3 is 1. The van der Waals surface area contributed by atoms with Crippen LogP contribution in [-0.2, 0) is 14.3 Å². The molecule has 0 saturated carbocycles. The van der Waals surface area contributed by atoms with Crippen LogP contribution in [0.4, 0.5) is 11.4 Å². The van der Waals surface area contributed by atoms with Gasteiger partial charge in [-0.05, 0) is 26.0 Å². The van der Waals surface area contributed by atoms with E-state index in [1.54, 1.807) is 30.0 Å². The second-order valence-electron chi connectivity index (χ2n) is 4.51. The zero-order valence-electron chi connectivity index (χ0n) is 11.8. The first-order valence-electron chi connectivity index (χ1n) is 6.47. The third-order valence-electron chi connectivity index (χ3n) is 3.04. The van der Waals surface area contributed by atoms with E-state index in [1.807, 2.05) is 6.92 Å². The second kappa shape index (κ2) is 5.92. The van der Waals surface area contributed by atoms with Crippen LogP contribution in [0.2, 0.25) is 0 Å². The van der Waals surface area contributed by atoms with Gasteiger partial charge in [-0.15, -0.1) is 0 Å². The van der Waals surface area contributed by atoms with Crippen molar-refractivity contribution in [3.63, 3.8) is 0 Å². The van der Waals surface area contributed by atoms with Gasteiger partial charge in [0.25, 0.3) is 5.91 Å². The smallest absolute Gasteiger partial charge is 0.267 e. The van der Waals surface area contributed by atoms with Crippen LogP contribution in [0.1, 0.15) is 13.8 Å². The molecule has 1 aliphatic heterocycles. The molecule has 1 aromatic carbocycles. The second-order valence-corrected chi connectivity index (χ2v) is 4.51. The van der Waals surface area contributed by atoms with Crippen molar-refractivity contribution in [2.75, 3.05) is 30.5 Å². The van der Waals surface area contributed by atoms with E-state index < -0.39 is 6.10 Å². The predicted octanol–water partition coefficient (Wildman–Crippen LogP) is 1.41. The van der Waals surface area contributed by atoms with Gasteiger partial charge in [-0.3, -0.25) is 9.59 Å². The van der Waals surface area contributed by atoms with Crippen LogP contribution >= 0.6 is 0 Å². The minimum atomic E-state index is -0.521. The average Bonchev–Trinajstić information content (AvgIpc) is 2.40. The number of rotatable bonds is 4. The Bertz CT molecular complexity index is 530. The van der Waals surface area contributed by atoms with E-state index in [0.29, 0.717) is 18.0 Å². The molecule has 2 amide bonds. The van der Waals surface area contributed by atoms with E-state index in [1.165, 1.54) is 7.11 Å². The summed E-state index contributed by atoms with van der Waals surface area (Å²) in [6.45, 7) is 4.20. The van der Waals surface area contributed by atoms with Gasteiger partial charge in [0.05, 0.1) is 5.69 Å². The van der Waals surface area contributed by atoms with Crippen molar-refractivity contribution in [3.8, 4) is 5.75 Å². The van der Waals surface area contributed by atoms with E-state index in [9.17, 15) is 9.59 Å². The molecule has 20 heavy (non-hydrogen) atoms. The van der Waals surface area contributed by atoms with Crippen LogP contribution < -0.4 is 15.0 Å². The fourth-order valence-corrected chi connectivity index (χ4v) is 2.14. The minimum Gasteiger partial charge on any atom is -0.479 e. The number of nitrogens with one attached hydrogen (secondary N) is 1. The number of likely N-dealkylation sites (N-methyl/N-ethyl adjacent to an activating group) is 1. The molecule has 0 bridgehead atoms. The molecule has 1 aliphatic rings. The molecule has 0 aliphatic carbocycles. The fourth-order valence-electron chi connectivity index (χ4n) is 2.14. The highest BCUT2D eigenvalue weighted by atomic mass is 16.5. The number of carbonyl (C=O) groups is 2. The van der Waals surface area contributed by atoms with Crippen molar-refractivity contribution in [1.29, 1.82) is 0 Å². The summed E-state index contributed by atoms with van der Waals surface area (Å²) in [5, 5.41) is 2.70. The Morgan fingerprint density at radius 1 is 1.50 bits per heavy atom. The SMILES string of the molecule is CCN1C(=O)C(C)Oc2cc(NC(=O)COC)ccc21. The molecule has 108 valence electrons. The average molecular weight is 278 g/mol. The Labute approximate surface area is 117 Å². The van der Waals surface area contributed by atoms with Gasteiger partial charge >= 0.3 is 0 Å². The summed E-state index contributed by atoms with van der Waals surface area (Å²) < 4.78 is 10.3. The lowest BCUT2D eigenvalue weighted by Gasteiger charge is -2.32. The largest absolute Gasteiger partial charge is 0.479 e. The standard InChI is InChI=1S/C14H18N2O4/c1-4-16-11-6-5-10(15-13(17)8-19-3)7-12(11)20-9(2)14(16)18/h5-7,9H,4,8H2,1-3H3,(H,15,17). The van der Waals surface area contributed by atoms with Gasteiger partial charge in [-0.1, -0.05) is 0 Å². The molecule has 0 spiro atoms. The van der Waals surface area contributed by atoms with E-state index >= 15 is 0 Å². The summed E-state index contributed by atoms with van der Waals surface area (Å²) in [7, 11) is 1.46. The molecule has 6 nitrogen and oxygen atoms in total. The number of amides is 2. The van der Waals surface area contributed by atoms with Gasteiger partial charge in [-0.25, -0.2) is 0 Å². The number of anilines is 2. The zero-order chi connectivity index (χ0) is 14.7. The molecule has 6 heteroatoms. The third-order valence-corrected chi connectivity index (χ3v) is 3.04. The Hall–Kier alpha value is -2.08. The van der Waals surface area contributed by atoms with Crippen LogP contribution in [0, 0.1) is 0 Å². The third kappa shape index (κ3) is 2.75. The summed E-state index contributed by atoms with van der Waals surface area (Å²) in [5.74, 6) is 0.296. The summed E-state index contributed by atoms with van der Waals surface area (Å²) >= 11 is 0. The quantitative estimate of drug-likeness (QED) is 0.904. The number of hydrogen-bond acceptors (Lipinski definition) is 4. The van der Waals surface area contributed by atoms with Gasteiger partial charge in [0.2, 0.25) is 5.91 Å². The topological polar surface area (TPSA) is 67.9 Å². The first-order valence-corrected chi connectivity index (χ1v) is 6.47. The first kappa shape index (κ1) is 14.3. The number of carbonyl (C=O) groups excluding carboxylic acids is 2. The van der Waals surface area contributed by atoms with E-state index in [0.717, 1.165) is 5.69 Å². The number of fused-ring (bicyclic) bond motifs is 1.